The van der Waals surface area contributed by atoms with E-state index in [1.165, 1.54) is 0 Å². The molecule has 4 nitrogen and oxygen atoms in total. The lowest BCUT2D eigenvalue weighted by molar-refractivity contribution is -0.121. The smallest absolute Gasteiger partial charge is 0.251 e. The summed E-state index contributed by atoms with van der Waals surface area (Å²) in [5, 5.41) is 6.90. The van der Waals surface area contributed by atoms with Gasteiger partial charge in [-0.05, 0) is 42.0 Å². The maximum Gasteiger partial charge on any atom is 0.251 e. The van der Waals surface area contributed by atoms with Crippen molar-refractivity contribution < 1.29 is 9.59 Å². The molecular weight excluding hydrogens is 371 g/mol. The molecule has 0 aliphatic rings. The second-order valence-electron chi connectivity index (χ2n) is 6.68. The highest BCUT2D eigenvalue weighted by Crippen LogP contribution is 2.23. The standard InChI is InChI=1S/C20H22Cl2N2O2/c1-20(2,15-5-9-17(22)10-6-15)13-24-18(25)11-12-23-19(26)14-3-7-16(21)8-4-14/h3-10H,11-13H2,1-2H3,(H,23,26)(H,24,25). The predicted molar refractivity (Wildman–Crippen MR) is 106 cm³/mol. The second kappa shape index (κ2) is 9.06. The lowest BCUT2D eigenvalue weighted by Crippen LogP contribution is -2.38. The number of hydrogen-bond donors (Lipinski definition) is 2. The first-order valence-corrected chi connectivity index (χ1v) is 9.10. The summed E-state index contributed by atoms with van der Waals surface area (Å²) < 4.78 is 0. The summed E-state index contributed by atoms with van der Waals surface area (Å²) in [7, 11) is 0. The number of benzene rings is 2. The van der Waals surface area contributed by atoms with Gasteiger partial charge in [0.1, 0.15) is 0 Å². The first kappa shape index (κ1) is 20.3. The number of carbonyl (C=O) groups excluding carboxylic acids is 2. The van der Waals surface area contributed by atoms with Crippen LogP contribution in [0.5, 0.6) is 0 Å². The highest BCUT2D eigenvalue weighted by molar-refractivity contribution is 6.30. The highest BCUT2D eigenvalue weighted by atomic mass is 35.5. The maximum atomic E-state index is 12.0. The monoisotopic (exact) mass is 392 g/mol. The summed E-state index contributed by atoms with van der Waals surface area (Å²) in [6.45, 7) is 4.88. The zero-order valence-electron chi connectivity index (χ0n) is 14.8. The van der Waals surface area contributed by atoms with Crippen molar-refractivity contribution in [3.8, 4) is 0 Å². The van der Waals surface area contributed by atoms with Crippen molar-refractivity contribution >= 4 is 35.0 Å². The van der Waals surface area contributed by atoms with E-state index in [2.05, 4.69) is 24.5 Å². The Bertz CT molecular complexity index is 756. The molecule has 2 rings (SSSR count). The summed E-state index contributed by atoms with van der Waals surface area (Å²) in [4.78, 5) is 24.0. The molecule has 0 aliphatic carbocycles. The van der Waals surface area contributed by atoms with E-state index in [-0.39, 0.29) is 30.2 Å². The van der Waals surface area contributed by atoms with Crippen molar-refractivity contribution in [1.82, 2.24) is 10.6 Å². The van der Waals surface area contributed by atoms with Crippen LogP contribution in [0.1, 0.15) is 36.2 Å². The Hall–Kier alpha value is -2.04. The maximum absolute atomic E-state index is 12.0. The lowest BCUT2D eigenvalue weighted by Gasteiger charge is -2.25. The van der Waals surface area contributed by atoms with Crippen LogP contribution < -0.4 is 10.6 Å². The molecule has 0 atom stereocenters. The minimum absolute atomic E-state index is 0.108. The van der Waals surface area contributed by atoms with Gasteiger partial charge in [0.2, 0.25) is 5.91 Å². The van der Waals surface area contributed by atoms with E-state index in [0.29, 0.717) is 22.2 Å². The number of hydrogen-bond acceptors (Lipinski definition) is 2. The molecule has 2 aromatic carbocycles. The third-order valence-electron chi connectivity index (χ3n) is 4.10. The molecule has 0 aliphatic heterocycles. The van der Waals surface area contributed by atoms with Crippen LogP contribution in [0.25, 0.3) is 0 Å². The molecule has 0 bridgehead atoms. The van der Waals surface area contributed by atoms with Crippen LogP contribution in [-0.2, 0) is 10.2 Å². The van der Waals surface area contributed by atoms with Crippen molar-refractivity contribution in [2.75, 3.05) is 13.1 Å². The number of amides is 2. The number of nitrogens with one attached hydrogen (secondary N) is 2. The van der Waals surface area contributed by atoms with Crippen LogP contribution in [0.2, 0.25) is 10.0 Å². The lowest BCUT2D eigenvalue weighted by atomic mass is 9.84. The molecular formula is C20H22Cl2N2O2. The minimum atomic E-state index is -0.226. The number of rotatable bonds is 7. The highest BCUT2D eigenvalue weighted by Gasteiger charge is 2.21. The molecule has 0 heterocycles. The van der Waals surface area contributed by atoms with Gasteiger partial charge in [-0.1, -0.05) is 49.2 Å². The van der Waals surface area contributed by atoms with Crippen molar-refractivity contribution in [2.45, 2.75) is 25.7 Å². The van der Waals surface area contributed by atoms with E-state index < -0.39 is 0 Å². The first-order chi connectivity index (χ1) is 12.3. The Kier molecular flexibility index (Phi) is 7.06. The van der Waals surface area contributed by atoms with Gasteiger partial charge in [0.25, 0.3) is 5.91 Å². The molecule has 2 amide bonds. The molecule has 0 saturated carbocycles. The van der Waals surface area contributed by atoms with Gasteiger partial charge in [-0.2, -0.15) is 0 Å². The van der Waals surface area contributed by atoms with Crippen LogP contribution in [-0.4, -0.2) is 24.9 Å². The third kappa shape index (κ3) is 6.04. The fraction of sp³-hybridized carbons (Fsp3) is 0.300. The first-order valence-electron chi connectivity index (χ1n) is 8.34. The Labute approximate surface area is 163 Å². The molecule has 138 valence electrons. The van der Waals surface area contributed by atoms with Crippen molar-refractivity contribution in [1.29, 1.82) is 0 Å². The SMILES string of the molecule is CC(C)(CNC(=O)CCNC(=O)c1ccc(Cl)cc1)c1ccc(Cl)cc1. The van der Waals surface area contributed by atoms with E-state index in [1.807, 2.05) is 24.3 Å². The fourth-order valence-electron chi connectivity index (χ4n) is 2.40. The van der Waals surface area contributed by atoms with Gasteiger partial charge in [-0.15, -0.1) is 0 Å². The van der Waals surface area contributed by atoms with E-state index in [0.717, 1.165) is 5.56 Å². The summed E-state index contributed by atoms with van der Waals surface area (Å²) in [5.41, 5.74) is 1.39. The quantitative estimate of drug-likeness (QED) is 0.741. The second-order valence-corrected chi connectivity index (χ2v) is 7.55. The molecule has 0 fully saturated rings. The van der Waals surface area contributed by atoms with Crippen LogP contribution in [0.3, 0.4) is 0 Å². The van der Waals surface area contributed by atoms with Crippen molar-refractivity contribution in [2.24, 2.45) is 0 Å². The van der Waals surface area contributed by atoms with Crippen LogP contribution >= 0.6 is 23.2 Å². The largest absolute Gasteiger partial charge is 0.355 e. The van der Waals surface area contributed by atoms with Gasteiger partial charge >= 0.3 is 0 Å². The van der Waals surface area contributed by atoms with E-state index in [4.69, 9.17) is 23.2 Å². The van der Waals surface area contributed by atoms with Crippen LogP contribution in [0, 0.1) is 0 Å². The molecule has 0 saturated heterocycles. The molecule has 6 heteroatoms. The van der Waals surface area contributed by atoms with E-state index in [1.54, 1.807) is 24.3 Å². The normalized spacial score (nSPS) is 11.1. The van der Waals surface area contributed by atoms with E-state index in [9.17, 15) is 9.59 Å². The molecule has 2 N–H and O–H groups in total. The Balaban J connectivity index is 1.75. The van der Waals surface area contributed by atoms with Gasteiger partial charge in [-0.3, -0.25) is 9.59 Å². The Morgan fingerprint density at radius 2 is 1.42 bits per heavy atom. The van der Waals surface area contributed by atoms with Crippen LogP contribution in [0.4, 0.5) is 0 Å². The van der Waals surface area contributed by atoms with Gasteiger partial charge in [-0.25, -0.2) is 0 Å². The van der Waals surface area contributed by atoms with Gasteiger partial charge < -0.3 is 10.6 Å². The molecule has 26 heavy (non-hydrogen) atoms. The Morgan fingerprint density at radius 3 is 2.00 bits per heavy atom. The molecule has 0 aromatic heterocycles. The molecule has 0 spiro atoms. The van der Waals surface area contributed by atoms with Gasteiger partial charge in [0, 0.05) is 40.5 Å². The van der Waals surface area contributed by atoms with Crippen LogP contribution in [0.15, 0.2) is 48.5 Å². The molecule has 0 radical (unpaired) electrons. The van der Waals surface area contributed by atoms with E-state index >= 15 is 0 Å². The fourth-order valence-corrected chi connectivity index (χ4v) is 2.66. The summed E-state index contributed by atoms with van der Waals surface area (Å²) in [6, 6.07) is 14.2. The average molecular weight is 393 g/mol. The van der Waals surface area contributed by atoms with Crippen molar-refractivity contribution in [3.05, 3.63) is 69.7 Å². The topological polar surface area (TPSA) is 58.2 Å². The molecule has 0 unspecified atom stereocenters. The van der Waals surface area contributed by atoms with Gasteiger partial charge in [0.05, 0.1) is 0 Å². The van der Waals surface area contributed by atoms with Gasteiger partial charge in [0.15, 0.2) is 0 Å². The van der Waals surface area contributed by atoms with Crippen molar-refractivity contribution in [3.63, 3.8) is 0 Å². The number of carbonyl (C=O) groups is 2. The zero-order chi connectivity index (χ0) is 19.2. The summed E-state index contributed by atoms with van der Waals surface area (Å²) in [6.07, 6.45) is 0.218. The summed E-state index contributed by atoms with van der Waals surface area (Å²) in [5.74, 6) is -0.334. The number of halogens is 2. The summed E-state index contributed by atoms with van der Waals surface area (Å²) >= 11 is 11.7. The molecule has 2 aromatic rings. The minimum Gasteiger partial charge on any atom is -0.355 e. The predicted octanol–water partition coefficient (Wildman–Crippen LogP) is 4.21. The Morgan fingerprint density at radius 1 is 0.885 bits per heavy atom. The average Bonchev–Trinajstić information content (AvgIpc) is 2.61. The zero-order valence-corrected chi connectivity index (χ0v) is 16.3. The third-order valence-corrected chi connectivity index (χ3v) is 4.60.